The fraction of sp³-hybridized carbons (Fsp3) is 0.188. The molecule has 1 aliphatic rings. The van der Waals surface area contributed by atoms with Gasteiger partial charge in [-0.2, -0.15) is 0 Å². The lowest BCUT2D eigenvalue weighted by molar-refractivity contribution is -0.118. The van der Waals surface area contributed by atoms with Gasteiger partial charge in [0.05, 0.1) is 25.3 Å². The Kier molecular flexibility index (Phi) is 3.29. The number of fused-ring (bicyclic) bond motifs is 1. The Bertz CT molecular complexity index is 623. The summed E-state index contributed by atoms with van der Waals surface area (Å²) in [7, 11) is 0. The molecule has 0 saturated carbocycles. The van der Waals surface area contributed by atoms with Gasteiger partial charge in [0, 0.05) is 5.69 Å². The van der Waals surface area contributed by atoms with Crippen LogP contribution in [0.4, 0.5) is 11.4 Å². The first-order valence-electron chi connectivity index (χ1n) is 6.60. The van der Waals surface area contributed by atoms with Crippen LogP contribution in [0.3, 0.4) is 0 Å². The second kappa shape index (κ2) is 5.25. The molecule has 1 amide bonds. The number of carbonyl (C=O) groups excluding carboxylic acids is 1. The van der Waals surface area contributed by atoms with Crippen LogP contribution in [-0.2, 0) is 11.3 Å². The van der Waals surface area contributed by atoms with E-state index in [0.29, 0.717) is 19.6 Å². The maximum atomic E-state index is 12.3. The molecule has 0 radical (unpaired) electrons. The summed E-state index contributed by atoms with van der Waals surface area (Å²) in [4.78, 5) is 14.0. The van der Waals surface area contributed by atoms with Crippen molar-refractivity contribution in [3.05, 3.63) is 54.1 Å². The Balaban J connectivity index is 1.94. The molecule has 3 rings (SSSR count). The van der Waals surface area contributed by atoms with Crippen molar-refractivity contribution < 1.29 is 9.53 Å². The van der Waals surface area contributed by atoms with E-state index in [1.165, 1.54) is 0 Å². The summed E-state index contributed by atoms with van der Waals surface area (Å²) in [6.07, 6.45) is 0.393. The lowest BCUT2D eigenvalue weighted by atomic mass is 10.1. The molecule has 0 aromatic heterocycles. The molecule has 1 heterocycles. The maximum Gasteiger partial charge on any atom is 0.230 e. The second-order valence-electron chi connectivity index (χ2n) is 4.79. The molecule has 0 bridgehead atoms. The Morgan fingerprint density at radius 2 is 1.85 bits per heavy atom. The molecule has 1 aliphatic heterocycles. The van der Waals surface area contributed by atoms with E-state index < -0.39 is 0 Å². The van der Waals surface area contributed by atoms with Gasteiger partial charge in [-0.05, 0) is 29.8 Å². The molecule has 0 atom stereocenters. The van der Waals surface area contributed by atoms with Gasteiger partial charge in [0.1, 0.15) is 5.75 Å². The first-order valence-corrected chi connectivity index (χ1v) is 6.60. The van der Waals surface area contributed by atoms with Gasteiger partial charge in [-0.3, -0.25) is 4.79 Å². The number of nitrogens with zero attached hydrogens (tertiary/aromatic N) is 1. The van der Waals surface area contributed by atoms with Gasteiger partial charge >= 0.3 is 0 Å². The Hall–Kier alpha value is -2.49. The predicted molar refractivity (Wildman–Crippen MR) is 78.6 cm³/mol. The number of rotatable bonds is 2. The molecule has 4 nitrogen and oxygen atoms in total. The van der Waals surface area contributed by atoms with Crippen molar-refractivity contribution in [2.45, 2.75) is 13.0 Å². The van der Waals surface area contributed by atoms with Crippen LogP contribution in [0.2, 0.25) is 0 Å². The number of hydrogen-bond donors (Lipinski definition) is 1. The largest absolute Gasteiger partial charge is 0.491 e. The topological polar surface area (TPSA) is 55.6 Å². The SMILES string of the molecule is Nc1ccc(CN2C(=O)CCOc3ccccc32)cc1. The number of carbonyl (C=O) groups is 1. The van der Waals surface area contributed by atoms with E-state index in [1.807, 2.05) is 48.5 Å². The molecule has 2 aromatic carbocycles. The van der Waals surface area contributed by atoms with E-state index in [-0.39, 0.29) is 5.91 Å². The molecule has 4 heteroatoms. The summed E-state index contributed by atoms with van der Waals surface area (Å²) in [5.41, 5.74) is 8.28. The summed E-state index contributed by atoms with van der Waals surface area (Å²) in [5, 5.41) is 0. The minimum atomic E-state index is 0.0757. The molecule has 2 aromatic rings. The van der Waals surface area contributed by atoms with Crippen LogP contribution >= 0.6 is 0 Å². The number of para-hydroxylation sites is 2. The first kappa shape index (κ1) is 12.5. The van der Waals surface area contributed by atoms with Crippen molar-refractivity contribution in [1.82, 2.24) is 0 Å². The quantitative estimate of drug-likeness (QED) is 0.852. The molecular weight excluding hydrogens is 252 g/mol. The minimum absolute atomic E-state index is 0.0757. The Morgan fingerprint density at radius 1 is 1.10 bits per heavy atom. The summed E-state index contributed by atoms with van der Waals surface area (Å²) < 4.78 is 5.62. The van der Waals surface area contributed by atoms with Crippen molar-refractivity contribution >= 4 is 17.3 Å². The minimum Gasteiger partial charge on any atom is -0.491 e. The van der Waals surface area contributed by atoms with Gasteiger partial charge in [-0.15, -0.1) is 0 Å². The van der Waals surface area contributed by atoms with Gasteiger partial charge in [0.15, 0.2) is 0 Å². The van der Waals surface area contributed by atoms with Crippen molar-refractivity contribution in [2.75, 3.05) is 17.2 Å². The van der Waals surface area contributed by atoms with Crippen molar-refractivity contribution in [3.8, 4) is 5.75 Å². The average molecular weight is 268 g/mol. The van der Waals surface area contributed by atoms with Crippen LogP contribution in [0.5, 0.6) is 5.75 Å². The molecule has 0 unspecified atom stereocenters. The second-order valence-corrected chi connectivity index (χ2v) is 4.79. The van der Waals surface area contributed by atoms with Crippen LogP contribution in [0.25, 0.3) is 0 Å². The molecule has 0 fully saturated rings. The molecule has 0 saturated heterocycles. The number of ether oxygens (including phenoxy) is 1. The van der Waals surface area contributed by atoms with Gasteiger partial charge in [-0.1, -0.05) is 24.3 Å². The highest BCUT2D eigenvalue weighted by molar-refractivity contribution is 5.95. The Morgan fingerprint density at radius 3 is 2.65 bits per heavy atom. The first-order chi connectivity index (χ1) is 9.74. The number of hydrogen-bond acceptors (Lipinski definition) is 3. The van der Waals surface area contributed by atoms with E-state index in [2.05, 4.69) is 0 Å². The normalized spacial score (nSPS) is 14.4. The summed E-state index contributed by atoms with van der Waals surface area (Å²) in [6, 6.07) is 15.2. The molecule has 0 aliphatic carbocycles. The molecule has 20 heavy (non-hydrogen) atoms. The van der Waals surface area contributed by atoms with Crippen LogP contribution in [-0.4, -0.2) is 12.5 Å². The van der Waals surface area contributed by atoms with Crippen LogP contribution in [0.15, 0.2) is 48.5 Å². The Labute approximate surface area is 117 Å². The maximum absolute atomic E-state index is 12.3. The van der Waals surface area contributed by atoms with E-state index >= 15 is 0 Å². The standard InChI is InChI=1S/C16H16N2O2/c17-13-7-5-12(6-8-13)11-18-14-3-1-2-4-15(14)20-10-9-16(18)19/h1-8H,9-11,17H2. The zero-order valence-corrected chi connectivity index (χ0v) is 11.1. The van der Waals surface area contributed by atoms with E-state index in [4.69, 9.17) is 10.5 Å². The van der Waals surface area contributed by atoms with Crippen LogP contribution < -0.4 is 15.4 Å². The lowest BCUT2D eigenvalue weighted by Crippen LogP contribution is -2.29. The lowest BCUT2D eigenvalue weighted by Gasteiger charge is -2.22. The highest BCUT2D eigenvalue weighted by Gasteiger charge is 2.22. The van der Waals surface area contributed by atoms with Crippen LogP contribution in [0, 0.1) is 0 Å². The van der Waals surface area contributed by atoms with Crippen molar-refractivity contribution in [3.63, 3.8) is 0 Å². The summed E-state index contributed by atoms with van der Waals surface area (Å²) in [6.45, 7) is 0.952. The van der Waals surface area contributed by atoms with Gasteiger partial charge in [0.25, 0.3) is 0 Å². The number of nitrogens with two attached hydrogens (primary N) is 1. The average Bonchev–Trinajstić information content (AvgIpc) is 2.62. The van der Waals surface area contributed by atoms with Crippen molar-refractivity contribution in [1.29, 1.82) is 0 Å². The monoisotopic (exact) mass is 268 g/mol. The molecule has 0 spiro atoms. The molecule has 102 valence electrons. The van der Waals surface area contributed by atoms with Gasteiger partial charge < -0.3 is 15.4 Å². The van der Waals surface area contributed by atoms with Crippen LogP contribution in [0.1, 0.15) is 12.0 Å². The van der Waals surface area contributed by atoms with E-state index in [9.17, 15) is 4.79 Å². The van der Waals surface area contributed by atoms with E-state index in [1.54, 1.807) is 4.90 Å². The van der Waals surface area contributed by atoms with Gasteiger partial charge in [-0.25, -0.2) is 0 Å². The predicted octanol–water partition coefficient (Wildman–Crippen LogP) is 2.58. The van der Waals surface area contributed by atoms with E-state index in [0.717, 1.165) is 22.7 Å². The smallest absolute Gasteiger partial charge is 0.230 e. The highest BCUT2D eigenvalue weighted by Crippen LogP contribution is 2.32. The fourth-order valence-electron chi connectivity index (χ4n) is 2.30. The fourth-order valence-corrected chi connectivity index (χ4v) is 2.30. The third kappa shape index (κ3) is 2.45. The van der Waals surface area contributed by atoms with Crippen molar-refractivity contribution in [2.24, 2.45) is 0 Å². The zero-order chi connectivity index (χ0) is 13.9. The third-order valence-electron chi connectivity index (χ3n) is 3.35. The summed E-state index contributed by atoms with van der Waals surface area (Å²) >= 11 is 0. The number of nitrogen functional groups attached to an aromatic ring is 1. The molecule has 2 N–H and O–H groups in total. The third-order valence-corrected chi connectivity index (χ3v) is 3.35. The summed E-state index contributed by atoms with van der Waals surface area (Å²) in [5.74, 6) is 0.834. The molecular formula is C16H16N2O2. The zero-order valence-electron chi connectivity index (χ0n) is 11.1. The van der Waals surface area contributed by atoms with Gasteiger partial charge in [0.2, 0.25) is 5.91 Å². The number of benzene rings is 2. The number of anilines is 2. The highest BCUT2D eigenvalue weighted by atomic mass is 16.5. The number of amides is 1.